The molecule has 1 amide bonds. The van der Waals surface area contributed by atoms with Crippen molar-refractivity contribution in [2.24, 2.45) is 5.10 Å². The summed E-state index contributed by atoms with van der Waals surface area (Å²) >= 11 is 0. The van der Waals surface area contributed by atoms with Crippen molar-refractivity contribution in [1.82, 2.24) is 5.17 Å². The molecule has 0 aliphatic carbocycles. The third-order valence-corrected chi connectivity index (χ3v) is 3.68. The normalized spacial score (nSPS) is 18.7. The average Bonchev–Trinajstić information content (AvgIpc) is 2.48. The first-order chi connectivity index (χ1) is 10.2. The highest BCUT2D eigenvalue weighted by Crippen LogP contribution is 2.21. The van der Waals surface area contributed by atoms with E-state index in [0.717, 1.165) is 43.0 Å². The molecule has 0 spiro atoms. The van der Waals surface area contributed by atoms with E-state index >= 15 is 0 Å². The number of nitrogens with zero attached hydrogens (tertiary/aromatic N) is 2. The van der Waals surface area contributed by atoms with Gasteiger partial charge in [0.1, 0.15) is 0 Å². The highest BCUT2D eigenvalue weighted by atomic mass is 16.7. The Labute approximate surface area is 128 Å². The van der Waals surface area contributed by atoms with E-state index in [2.05, 4.69) is 18.9 Å². The Balaban J connectivity index is 2.58. The van der Waals surface area contributed by atoms with Gasteiger partial charge in [0.15, 0.2) is 0 Å². The number of hydrazone groups is 1. The second-order valence-electron chi connectivity index (χ2n) is 5.69. The van der Waals surface area contributed by atoms with Crippen molar-refractivity contribution in [2.75, 3.05) is 6.61 Å². The summed E-state index contributed by atoms with van der Waals surface area (Å²) in [6.07, 6.45) is 9.79. The predicted octanol–water partition coefficient (Wildman–Crippen LogP) is 3.42. The first kappa shape index (κ1) is 18.1. The topological polar surface area (TPSA) is 62.1 Å². The molecule has 0 fully saturated rings. The lowest BCUT2D eigenvalue weighted by molar-refractivity contribution is -0.212. The van der Waals surface area contributed by atoms with Crippen LogP contribution < -0.4 is 0 Å². The average molecular weight is 298 g/mol. The Morgan fingerprint density at radius 2 is 2.00 bits per heavy atom. The minimum Gasteiger partial charge on any atom is -0.396 e. The van der Waals surface area contributed by atoms with Crippen molar-refractivity contribution in [3.8, 4) is 0 Å². The molecular weight excluding hydrogens is 268 g/mol. The van der Waals surface area contributed by atoms with Gasteiger partial charge < -0.3 is 5.11 Å². The van der Waals surface area contributed by atoms with Gasteiger partial charge in [-0.15, -0.1) is 5.17 Å². The van der Waals surface area contributed by atoms with E-state index in [-0.39, 0.29) is 25.0 Å². The van der Waals surface area contributed by atoms with Gasteiger partial charge in [0.25, 0.3) is 5.91 Å². The van der Waals surface area contributed by atoms with Gasteiger partial charge in [-0.1, -0.05) is 46.0 Å². The molecule has 21 heavy (non-hydrogen) atoms. The van der Waals surface area contributed by atoms with Crippen LogP contribution in [-0.2, 0) is 9.63 Å². The number of carbonyl (C=O) groups is 1. The summed E-state index contributed by atoms with van der Waals surface area (Å²) in [4.78, 5) is 17.6. The van der Waals surface area contributed by atoms with E-state index < -0.39 is 0 Å². The summed E-state index contributed by atoms with van der Waals surface area (Å²) in [7, 11) is 0. The predicted molar refractivity (Wildman–Crippen MR) is 83.8 cm³/mol. The highest BCUT2D eigenvalue weighted by molar-refractivity contribution is 5.87. The lowest BCUT2D eigenvalue weighted by atomic mass is 10.0. The second-order valence-corrected chi connectivity index (χ2v) is 5.69. The lowest BCUT2D eigenvalue weighted by Gasteiger charge is -2.29. The Morgan fingerprint density at radius 1 is 1.29 bits per heavy atom. The van der Waals surface area contributed by atoms with Gasteiger partial charge in [0.2, 0.25) is 0 Å². The zero-order valence-corrected chi connectivity index (χ0v) is 13.5. The Kier molecular flexibility index (Phi) is 9.26. The lowest BCUT2D eigenvalue weighted by Crippen LogP contribution is -2.38. The summed E-state index contributed by atoms with van der Waals surface area (Å²) in [6.45, 7) is 4.19. The molecule has 1 aliphatic heterocycles. The van der Waals surface area contributed by atoms with Crippen LogP contribution in [0, 0.1) is 0 Å². The van der Waals surface area contributed by atoms with Gasteiger partial charge in [0.05, 0.1) is 19.1 Å². The number of carbonyl (C=O) groups excluding carboxylic acids is 1. The van der Waals surface area contributed by atoms with E-state index in [0.29, 0.717) is 0 Å². The van der Waals surface area contributed by atoms with E-state index in [4.69, 9.17) is 9.94 Å². The standard InChI is InChI=1S/C16H30N2O3/c1-3-5-7-9-14-13-15(10-8-6-4-2)21-18(17-14)16(20)11-12-19/h15,19H,3-13H2,1-2H3/t15-/m0/s1. The maximum Gasteiger partial charge on any atom is 0.271 e. The maximum absolute atomic E-state index is 11.9. The van der Waals surface area contributed by atoms with Crippen molar-refractivity contribution in [3.63, 3.8) is 0 Å². The highest BCUT2D eigenvalue weighted by Gasteiger charge is 2.26. The molecule has 0 aromatic carbocycles. The van der Waals surface area contributed by atoms with Gasteiger partial charge in [-0.2, -0.15) is 5.10 Å². The van der Waals surface area contributed by atoms with E-state index in [1.807, 2.05) is 0 Å². The molecule has 0 aromatic rings. The summed E-state index contributed by atoms with van der Waals surface area (Å²) in [5, 5.41) is 14.3. The summed E-state index contributed by atoms with van der Waals surface area (Å²) in [5.74, 6) is -0.259. The van der Waals surface area contributed by atoms with Crippen molar-refractivity contribution in [2.45, 2.75) is 84.2 Å². The number of hydrogen-bond donors (Lipinski definition) is 1. The fraction of sp³-hybridized carbons (Fsp3) is 0.875. The van der Waals surface area contributed by atoms with Crippen LogP contribution in [0.25, 0.3) is 0 Å². The Morgan fingerprint density at radius 3 is 2.67 bits per heavy atom. The van der Waals surface area contributed by atoms with Crippen LogP contribution in [0.15, 0.2) is 5.10 Å². The molecule has 0 aromatic heterocycles. The minimum atomic E-state index is -0.259. The summed E-state index contributed by atoms with van der Waals surface area (Å²) in [5.41, 5.74) is 1.06. The number of aliphatic hydroxyl groups is 1. The molecule has 5 nitrogen and oxygen atoms in total. The summed E-state index contributed by atoms with van der Waals surface area (Å²) < 4.78 is 0. The van der Waals surface area contributed by atoms with Crippen LogP contribution in [0.4, 0.5) is 0 Å². The number of unbranched alkanes of at least 4 members (excludes halogenated alkanes) is 4. The number of hydrogen-bond acceptors (Lipinski definition) is 4. The van der Waals surface area contributed by atoms with Crippen LogP contribution in [0.5, 0.6) is 0 Å². The Hall–Kier alpha value is -0.940. The number of rotatable bonds is 10. The molecule has 0 saturated heterocycles. The smallest absolute Gasteiger partial charge is 0.271 e. The van der Waals surface area contributed by atoms with Gasteiger partial charge in [-0.05, 0) is 19.3 Å². The molecule has 1 atom stereocenters. The molecule has 1 rings (SSSR count). The molecule has 122 valence electrons. The summed E-state index contributed by atoms with van der Waals surface area (Å²) in [6, 6.07) is 0. The van der Waals surface area contributed by atoms with Crippen LogP contribution in [0.1, 0.15) is 78.1 Å². The maximum atomic E-state index is 11.9. The van der Waals surface area contributed by atoms with Crippen LogP contribution >= 0.6 is 0 Å². The van der Waals surface area contributed by atoms with Crippen molar-refractivity contribution in [3.05, 3.63) is 0 Å². The molecule has 0 unspecified atom stereocenters. The van der Waals surface area contributed by atoms with E-state index in [1.54, 1.807) is 0 Å². The molecular formula is C16H30N2O3. The van der Waals surface area contributed by atoms with Gasteiger partial charge >= 0.3 is 0 Å². The molecule has 5 heteroatoms. The first-order valence-electron chi connectivity index (χ1n) is 8.38. The fourth-order valence-electron chi connectivity index (χ4n) is 2.45. The van der Waals surface area contributed by atoms with Crippen LogP contribution in [0.2, 0.25) is 0 Å². The zero-order valence-electron chi connectivity index (χ0n) is 13.5. The molecule has 1 aliphatic rings. The molecule has 0 saturated carbocycles. The zero-order chi connectivity index (χ0) is 15.5. The van der Waals surface area contributed by atoms with Gasteiger partial charge in [-0.3, -0.25) is 4.79 Å². The second kappa shape index (κ2) is 10.7. The SMILES string of the molecule is CCCCCC1=NN(C(=O)CCO)O[C@@H](CCCCC)C1. The Bertz CT molecular complexity index is 331. The first-order valence-corrected chi connectivity index (χ1v) is 8.38. The van der Waals surface area contributed by atoms with Crippen LogP contribution in [0.3, 0.4) is 0 Å². The number of amides is 1. The monoisotopic (exact) mass is 298 g/mol. The molecule has 0 radical (unpaired) electrons. The molecule has 1 N–H and O–H groups in total. The number of hydroxylamine groups is 1. The largest absolute Gasteiger partial charge is 0.396 e. The quantitative estimate of drug-likeness (QED) is 0.629. The minimum absolute atomic E-state index is 0.0494. The van der Waals surface area contributed by atoms with Crippen molar-refractivity contribution < 1.29 is 14.7 Å². The van der Waals surface area contributed by atoms with Crippen molar-refractivity contribution >= 4 is 11.6 Å². The van der Waals surface area contributed by atoms with E-state index in [1.165, 1.54) is 25.7 Å². The molecule has 1 heterocycles. The van der Waals surface area contributed by atoms with Gasteiger partial charge in [-0.25, -0.2) is 4.84 Å². The third kappa shape index (κ3) is 7.05. The number of aliphatic hydroxyl groups excluding tert-OH is 1. The van der Waals surface area contributed by atoms with Crippen molar-refractivity contribution in [1.29, 1.82) is 0 Å². The fourth-order valence-corrected chi connectivity index (χ4v) is 2.45. The van der Waals surface area contributed by atoms with E-state index in [9.17, 15) is 4.79 Å². The molecule has 0 bridgehead atoms. The van der Waals surface area contributed by atoms with Gasteiger partial charge in [0, 0.05) is 12.1 Å². The van der Waals surface area contributed by atoms with Crippen LogP contribution in [-0.4, -0.2) is 34.6 Å². The third-order valence-electron chi connectivity index (χ3n) is 3.68.